The van der Waals surface area contributed by atoms with Crippen molar-refractivity contribution in [2.75, 3.05) is 0 Å². The van der Waals surface area contributed by atoms with E-state index in [0.29, 0.717) is 0 Å². The van der Waals surface area contributed by atoms with Gasteiger partial charge in [-0.3, -0.25) is 0 Å². The Hall–Kier alpha value is -1.32. The molecular weight excluding hydrogens is 304 g/mol. The van der Waals surface area contributed by atoms with E-state index < -0.39 is 6.10 Å². The zero-order chi connectivity index (χ0) is 13.8. The molecule has 19 heavy (non-hydrogen) atoms. The van der Waals surface area contributed by atoms with Gasteiger partial charge in [-0.25, -0.2) is 0 Å². The Kier molecular flexibility index (Phi) is 4.61. The maximum Gasteiger partial charge on any atom is 0.141 e. The van der Waals surface area contributed by atoms with E-state index in [9.17, 15) is 5.11 Å². The van der Waals surface area contributed by atoms with Crippen LogP contribution >= 0.6 is 15.9 Å². The van der Waals surface area contributed by atoms with Gasteiger partial charge in [-0.15, -0.1) is 0 Å². The Morgan fingerprint density at radius 1 is 1.16 bits per heavy atom. The highest BCUT2D eigenvalue weighted by Gasteiger charge is 2.08. The summed E-state index contributed by atoms with van der Waals surface area (Å²) in [5.74, 6) is 1.63. The Labute approximate surface area is 122 Å². The summed E-state index contributed by atoms with van der Waals surface area (Å²) in [5.41, 5.74) is 2.04. The molecule has 3 heteroatoms. The highest BCUT2D eigenvalue weighted by atomic mass is 79.9. The number of aryl methyl sites for hydroxylation is 1. The van der Waals surface area contributed by atoms with Crippen molar-refractivity contribution in [3.63, 3.8) is 0 Å². The topological polar surface area (TPSA) is 29.5 Å². The lowest BCUT2D eigenvalue weighted by Gasteiger charge is -2.13. The third-order valence-electron chi connectivity index (χ3n) is 3.01. The smallest absolute Gasteiger partial charge is 0.141 e. The number of benzene rings is 2. The average Bonchev–Trinajstić information content (AvgIpc) is 2.41. The van der Waals surface area contributed by atoms with E-state index in [1.54, 1.807) is 6.92 Å². The van der Waals surface area contributed by atoms with Crippen LogP contribution in [0.5, 0.6) is 11.5 Å². The average molecular weight is 321 g/mol. The summed E-state index contributed by atoms with van der Waals surface area (Å²) < 4.78 is 6.78. The first-order chi connectivity index (χ1) is 9.11. The van der Waals surface area contributed by atoms with Crippen LogP contribution in [0.4, 0.5) is 0 Å². The molecular formula is C16H17BrO2. The molecule has 2 nitrogen and oxygen atoms in total. The summed E-state index contributed by atoms with van der Waals surface area (Å²) >= 11 is 3.48. The summed E-state index contributed by atoms with van der Waals surface area (Å²) in [5, 5.41) is 9.55. The first kappa shape index (κ1) is 14.1. The maximum atomic E-state index is 9.55. The minimum atomic E-state index is -0.478. The number of hydrogen-bond acceptors (Lipinski definition) is 2. The first-order valence-corrected chi connectivity index (χ1v) is 7.14. The Morgan fingerprint density at radius 3 is 2.53 bits per heavy atom. The zero-order valence-corrected chi connectivity index (χ0v) is 12.6. The normalized spacial score (nSPS) is 12.2. The van der Waals surface area contributed by atoms with Crippen LogP contribution in [0.1, 0.15) is 31.1 Å². The summed E-state index contributed by atoms with van der Waals surface area (Å²) in [6, 6.07) is 13.6. The fourth-order valence-electron chi connectivity index (χ4n) is 1.87. The molecule has 0 aromatic heterocycles. The summed E-state index contributed by atoms with van der Waals surface area (Å²) in [6.45, 7) is 3.85. The monoisotopic (exact) mass is 320 g/mol. The van der Waals surface area contributed by atoms with Crippen molar-refractivity contribution in [3.8, 4) is 11.5 Å². The van der Waals surface area contributed by atoms with Gasteiger partial charge in [0.25, 0.3) is 0 Å². The van der Waals surface area contributed by atoms with Gasteiger partial charge in [-0.05, 0) is 58.6 Å². The van der Waals surface area contributed by atoms with Gasteiger partial charge in [0.15, 0.2) is 0 Å². The van der Waals surface area contributed by atoms with Crippen molar-refractivity contribution < 1.29 is 9.84 Å². The second-order valence-electron chi connectivity index (χ2n) is 4.43. The van der Waals surface area contributed by atoms with Gasteiger partial charge in [0.2, 0.25) is 0 Å². The number of para-hydroxylation sites is 1. The molecule has 0 unspecified atom stereocenters. The van der Waals surface area contributed by atoms with Crippen LogP contribution in [0, 0.1) is 0 Å². The Morgan fingerprint density at radius 2 is 1.89 bits per heavy atom. The van der Waals surface area contributed by atoms with Crippen LogP contribution in [0.15, 0.2) is 46.9 Å². The Balaban J connectivity index is 2.28. The van der Waals surface area contributed by atoms with E-state index in [1.807, 2.05) is 36.4 Å². The lowest BCUT2D eigenvalue weighted by molar-refractivity contribution is 0.199. The van der Waals surface area contributed by atoms with Crippen molar-refractivity contribution in [2.45, 2.75) is 26.4 Å². The molecule has 0 amide bonds. The molecule has 0 heterocycles. The van der Waals surface area contributed by atoms with Crippen molar-refractivity contribution in [1.29, 1.82) is 0 Å². The van der Waals surface area contributed by atoms with E-state index in [-0.39, 0.29) is 0 Å². The molecule has 2 rings (SSSR count). The van der Waals surface area contributed by atoms with Crippen molar-refractivity contribution in [3.05, 3.63) is 58.1 Å². The second-order valence-corrected chi connectivity index (χ2v) is 5.28. The minimum absolute atomic E-state index is 0.478. The number of halogens is 1. The standard InChI is InChI=1S/C16H17BrO2/c1-3-12-6-4-5-7-15(12)19-16-9-8-13(11(2)18)10-14(16)17/h4-11,18H,3H2,1-2H3/t11-/m1/s1. The molecule has 0 radical (unpaired) electrons. The van der Waals surface area contributed by atoms with Crippen LogP contribution in [-0.4, -0.2) is 5.11 Å². The third-order valence-corrected chi connectivity index (χ3v) is 3.63. The van der Waals surface area contributed by atoms with Crippen LogP contribution in [0.25, 0.3) is 0 Å². The van der Waals surface area contributed by atoms with E-state index in [4.69, 9.17) is 4.74 Å². The maximum absolute atomic E-state index is 9.55. The lowest BCUT2D eigenvalue weighted by atomic mass is 10.1. The predicted octanol–water partition coefficient (Wildman–Crippen LogP) is 4.86. The number of rotatable bonds is 4. The molecule has 0 aliphatic carbocycles. The van der Waals surface area contributed by atoms with Gasteiger partial charge >= 0.3 is 0 Å². The van der Waals surface area contributed by atoms with Gasteiger partial charge < -0.3 is 9.84 Å². The second kappa shape index (κ2) is 6.22. The SMILES string of the molecule is CCc1ccccc1Oc1ccc([C@@H](C)O)cc1Br. The van der Waals surface area contributed by atoms with E-state index in [0.717, 1.165) is 28.0 Å². The van der Waals surface area contributed by atoms with Gasteiger partial charge in [0, 0.05) is 0 Å². The van der Waals surface area contributed by atoms with Crippen LogP contribution in [0.2, 0.25) is 0 Å². The minimum Gasteiger partial charge on any atom is -0.456 e. The van der Waals surface area contributed by atoms with Gasteiger partial charge in [0.05, 0.1) is 10.6 Å². The molecule has 0 saturated carbocycles. The fraction of sp³-hybridized carbons (Fsp3) is 0.250. The van der Waals surface area contributed by atoms with E-state index >= 15 is 0 Å². The molecule has 0 fully saturated rings. The van der Waals surface area contributed by atoms with E-state index in [1.165, 1.54) is 5.56 Å². The fourth-order valence-corrected chi connectivity index (χ4v) is 2.35. The predicted molar refractivity (Wildman–Crippen MR) is 80.7 cm³/mol. The van der Waals surface area contributed by atoms with Crippen molar-refractivity contribution in [1.82, 2.24) is 0 Å². The van der Waals surface area contributed by atoms with Gasteiger partial charge in [-0.1, -0.05) is 31.2 Å². The van der Waals surface area contributed by atoms with Gasteiger partial charge in [-0.2, -0.15) is 0 Å². The molecule has 0 aliphatic heterocycles. The largest absolute Gasteiger partial charge is 0.456 e. The molecule has 0 spiro atoms. The molecule has 0 bridgehead atoms. The summed E-state index contributed by atoms with van der Waals surface area (Å²) in [6.07, 6.45) is 0.452. The quantitative estimate of drug-likeness (QED) is 0.871. The van der Waals surface area contributed by atoms with Crippen LogP contribution < -0.4 is 4.74 Å². The molecule has 2 aromatic carbocycles. The summed E-state index contributed by atoms with van der Waals surface area (Å²) in [4.78, 5) is 0. The molecule has 0 aliphatic rings. The molecule has 2 aromatic rings. The van der Waals surface area contributed by atoms with Crippen LogP contribution in [-0.2, 0) is 6.42 Å². The molecule has 1 N–H and O–H groups in total. The highest BCUT2D eigenvalue weighted by Crippen LogP contribution is 2.33. The van der Waals surface area contributed by atoms with Crippen LogP contribution in [0.3, 0.4) is 0 Å². The van der Waals surface area contributed by atoms with Gasteiger partial charge in [0.1, 0.15) is 11.5 Å². The molecule has 0 saturated heterocycles. The van der Waals surface area contributed by atoms with E-state index in [2.05, 4.69) is 28.9 Å². The molecule has 1 atom stereocenters. The number of ether oxygens (including phenoxy) is 1. The third kappa shape index (κ3) is 3.37. The van der Waals surface area contributed by atoms with Crippen molar-refractivity contribution >= 4 is 15.9 Å². The Bertz CT molecular complexity index is 564. The number of aliphatic hydroxyl groups is 1. The highest BCUT2D eigenvalue weighted by molar-refractivity contribution is 9.10. The molecule has 100 valence electrons. The number of hydrogen-bond donors (Lipinski definition) is 1. The zero-order valence-electron chi connectivity index (χ0n) is 11.1. The summed E-state index contributed by atoms with van der Waals surface area (Å²) in [7, 11) is 0. The van der Waals surface area contributed by atoms with Crippen molar-refractivity contribution in [2.24, 2.45) is 0 Å². The lowest BCUT2D eigenvalue weighted by Crippen LogP contribution is -1.94. The number of aliphatic hydroxyl groups excluding tert-OH is 1. The first-order valence-electron chi connectivity index (χ1n) is 6.35.